The lowest BCUT2D eigenvalue weighted by molar-refractivity contribution is 0.0636. The molecule has 1 aromatic carbocycles. The van der Waals surface area contributed by atoms with Crippen LogP contribution in [0.25, 0.3) is 0 Å². The van der Waals surface area contributed by atoms with Crippen molar-refractivity contribution < 1.29 is 14.3 Å². The summed E-state index contributed by atoms with van der Waals surface area (Å²) in [6.45, 7) is 5.37. The average Bonchev–Trinajstić information content (AvgIpc) is 2.16. The van der Waals surface area contributed by atoms with Gasteiger partial charge in [0.2, 0.25) is 6.29 Å². The van der Waals surface area contributed by atoms with Gasteiger partial charge in [0.05, 0.1) is 0 Å². The molecule has 16 heavy (non-hydrogen) atoms. The molecule has 0 saturated carbocycles. The van der Waals surface area contributed by atoms with E-state index in [9.17, 15) is 9.59 Å². The van der Waals surface area contributed by atoms with Crippen molar-refractivity contribution in [3.05, 3.63) is 29.8 Å². The van der Waals surface area contributed by atoms with E-state index in [1.807, 2.05) is 0 Å². The summed E-state index contributed by atoms with van der Waals surface area (Å²) in [6, 6.07) is 6.37. The van der Waals surface area contributed by atoms with Crippen molar-refractivity contribution in [2.24, 2.45) is 0 Å². The summed E-state index contributed by atoms with van der Waals surface area (Å²) >= 11 is 0. The zero-order valence-electron chi connectivity index (χ0n) is 9.53. The number of benzene rings is 1. The van der Waals surface area contributed by atoms with Crippen LogP contribution in [0.1, 0.15) is 26.3 Å². The van der Waals surface area contributed by atoms with Crippen molar-refractivity contribution in [3.63, 3.8) is 0 Å². The Labute approximate surface area is 94.6 Å². The lowest BCUT2D eigenvalue weighted by Gasteiger charge is -2.19. The van der Waals surface area contributed by atoms with Crippen molar-refractivity contribution in [1.29, 1.82) is 0 Å². The first-order valence-electron chi connectivity index (χ1n) is 4.89. The average molecular weight is 220 g/mol. The number of carbonyl (C=O) groups excluding carboxylic acids is 2. The number of ether oxygens (including phenoxy) is 1. The highest BCUT2D eigenvalue weighted by Crippen LogP contribution is 2.12. The van der Waals surface area contributed by atoms with Crippen molar-refractivity contribution in [2.45, 2.75) is 26.4 Å². The third-order valence-corrected chi connectivity index (χ3v) is 1.65. The van der Waals surface area contributed by atoms with E-state index in [1.54, 1.807) is 51.3 Å². The van der Waals surface area contributed by atoms with Gasteiger partial charge >= 0.3 is 6.09 Å². The largest absolute Gasteiger partial charge is 0.444 e. The Bertz CT molecular complexity index is 376. The van der Waals surface area contributed by atoms with Crippen LogP contribution in [0.5, 0.6) is 0 Å². The van der Waals surface area contributed by atoms with Crippen molar-refractivity contribution >= 4 is 18.1 Å². The zero-order valence-corrected chi connectivity index (χ0v) is 9.53. The van der Waals surface area contributed by atoms with E-state index in [0.29, 0.717) is 11.3 Å². The van der Waals surface area contributed by atoms with Crippen LogP contribution in [0, 0.1) is 0 Å². The summed E-state index contributed by atoms with van der Waals surface area (Å²) in [5.41, 5.74) is 0.489. The Morgan fingerprint density at radius 3 is 2.25 bits per heavy atom. The molecule has 0 atom stereocenters. The predicted molar refractivity (Wildman–Crippen MR) is 61.1 cm³/mol. The van der Waals surface area contributed by atoms with Gasteiger partial charge in [0.15, 0.2) is 0 Å². The highest BCUT2D eigenvalue weighted by Gasteiger charge is 2.15. The molecular formula is C12H14NO3. The van der Waals surface area contributed by atoms with Crippen LogP contribution < -0.4 is 5.32 Å². The summed E-state index contributed by atoms with van der Waals surface area (Å²) in [6.07, 6.45) is 1.23. The fourth-order valence-electron chi connectivity index (χ4n) is 1.04. The maximum absolute atomic E-state index is 11.4. The highest BCUT2D eigenvalue weighted by atomic mass is 16.6. The molecule has 0 aromatic heterocycles. The van der Waals surface area contributed by atoms with E-state index in [-0.39, 0.29) is 0 Å². The molecule has 0 aliphatic heterocycles. The second kappa shape index (κ2) is 4.79. The molecule has 0 heterocycles. The van der Waals surface area contributed by atoms with Crippen molar-refractivity contribution in [3.8, 4) is 0 Å². The van der Waals surface area contributed by atoms with Gasteiger partial charge in [0, 0.05) is 11.3 Å². The molecule has 1 radical (unpaired) electrons. The van der Waals surface area contributed by atoms with Crippen LogP contribution in [0.4, 0.5) is 10.5 Å². The Morgan fingerprint density at radius 1 is 1.25 bits per heavy atom. The van der Waals surface area contributed by atoms with E-state index in [0.717, 1.165) is 0 Å². The first-order valence-corrected chi connectivity index (χ1v) is 4.89. The van der Waals surface area contributed by atoms with Gasteiger partial charge < -0.3 is 4.74 Å². The number of carbonyl (C=O) groups is 1. The lowest BCUT2D eigenvalue weighted by Crippen LogP contribution is -2.27. The molecule has 0 aliphatic carbocycles. The highest BCUT2D eigenvalue weighted by molar-refractivity contribution is 5.85. The van der Waals surface area contributed by atoms with Gasteiger partial charge in [-0.15, -0.1) is 0 Å². The molecule has 1 amide bonds. The normalized spacial score (nSPS) is 10.7. The number of nitrogens with one attached hydrogen (secondary N) is 1. The van der Waals surface area contributed by atoms with Crippen molar-refractivity contribution in [1.82, 2.24) is 0 Å². The fourth-order valence-corrected chi connectivity index (χ4v) is 1.04. The Balaban J connectivity index is 2.59. The molecule has 0 fully saturated rings. The molecule has 0 spiro atoms. The number of rotatable bonds is 2. The molecule has 1 aromatic rings. The van der Waals surface area contributed by atoms with Gasteiger partial charge in [-0.25, -0.2) is 4.79 Å². The summed E-state index contributed by atoms with van der Waals surface area (Å²) < 4.78 is 5.07. The van der Waals surface area contributed by atoms with Gasteiger partial charge in [-0.2, -0.15) is 0 Å². The van der Waals surface area contributed by atoms with Gasteiger partial charge in [0.1, 0.15) is 5.60 Å². The monoisotopic (exact) mass is 220 g/mol. The van der Waals surface area contributed by atoms with E-state index in [2.05, 4.69) is 5.32 Å². The number of hydrogen-bond donors (Lipinski definition) is 1. The smallest absolute Gasteiger partial charge is 0.412 e. The lowest BCUT2D eigenvalue weighted by atomic mass is 10.2. The summed E-state index contributed by atoms with van der Waals surface area (Å²) in [4.78, 5) is 21.7. The van der Waals surface area contributed by atoms with Gasteiger partial charge in [-0.1, -0.05) is 0 Å². The summed E-state index contributed by atoms with van der Waals surface area (Å²) in [5.74, 6) is 0. The minimum Gasteiger partial charge on any atom is -0.444 e. The summed E-state index contributed by atoms with van der Waals surface area (Å²) in [7, 11) is 0. The molecule has 0 bridgehead atoms. The maximum Gasteiger partial charge on any atom is 0.412 e. The zero-order chi connectivity index (χ0) is 12.2. The maximum atomic E-state index is 11.4. The second-order valence-corrected chi connectivity index (χ2v) is 4.31. The summed E-state index contributed by atoms with van der Waals surface area (Å²) in [5, 5.41) is 2.56. The third kappa shape index (κ3) is 4.13. The van der Waals surface area contributed by atoms with Crippen LogP contribution in [-0.2, 0) is 9.53 Å². The second-order valence-electron chi connectivity index (χ2n) is 4.31. The molecule has 4 heteroatoms. The van der Waals surface area contributed by atoms with Crippen LogP contribution in [-0.4, -0.2) is 18.0 Å². The first kappa shape index (κ1) is 12.2. The van der Waals surface area contributed by atoms with Crippen LogP contribution in [0.15, 0.2) is 24.3 Å². The Morgan fingerprint density at radius 2 is 1.81 bits per heavy atom. The minimum absolute atomic E-state index is 0.440. The van der Waals surface area contributed by atoms with Gasteiger partial charge in [-0.05, 0) is 45.0 Å². The number of hydrogen-bond acceptors (Lipinski definition) is 3. The molecule has 4 nitrogen and oxygen atoms in total. The minimum atomic E-state index is -0.527. The first-order chi connectivity index (χ1) is 7.40. The van der Waals surface area contributed by atoms with Crippen molar-refractivity contribution in [2.75, 3.05) is 5.32 Å². The Kier molecular flexibility index (Phi) is 3.66. The number of amides is 1. The molecule has 0 unspecified atom stereocenters. The van der Waals surface area contributed by atoms with Crippen LogP contribution in [0.2, 0.25) is 0 Å². The van der Waals surface area contributed by atoms with E-state index in [4.69, 9.17) is 4.74 Å². The third-order valence-electron chi connectivity index (χ3n) is 1.65. The van der Waals surface area contributed by atoms with Gasteiger partial charge in [-0.3, -0.25) is 10.1 Å². The topological polar surface area (TPSA) is 55.4 Å². The van der Waals surface area contributed by atoms with E-state index >= 15 is 0 Å². The Hall–Kier alpha value is -1.84. The van der Waals surface area contributed by atoms with Crippen LogP contribution >= 0.6 is 0 Å². The SMILES string of the molecule is CC(C)(C)OC(=O)Nc1ccc([C]=O)cc1. The van der Waals surface area contributed by atoms with Gasteiger partial charge in [0.25, 0.3) is 0 Å². The molecule has 1 rings (SSSR count). The quantitative estimate of drug-likeness (QED) is 0.833. The molecule has 0 saturated heterocycles. The molecule has 85 valence electrons. The fraction of sp³-hybridized carbons (Fsp3) is 0.333. The number of anilines is 1. The van der Waals surface area contributed by atoms with Crippen LogP contribution in [0.3, 0.4) is 0 Å². The predicted octanol–water partition coefficient (Wildman–Crippen LogP) is 2.49. The molecule has 0 aliphatic rings. The standard InChI is InChI=1S/C12H14NO3/c1-12(2,3)16-11(15)13-10-6-4-9(8-14)5-7-10/h4-7H,1-3H3,(H,13,15). The van der Waals surface area contributed by atoms with E-state index < -0.39 is 11.7 Å². The molecular weight excluding hydrogens is 206 g/mol. The molecule has 1 N–H and O–H groups in total. The van der Waals surface area contributed by atoms with E-state index in [1.165, 1.54) is 0 Å².